The minimum absolute atomic E-state index is 0.169. The van der Waals surface area contributed by atoms with E-state index in [2.05, 4.69) is 0 Å². The first-order valence-electron chi connectivity index (χ1n) is 4.88. The molecule has 0 spiro atoms. The predicted octanol–water partition coefficient (Wildman–Crippen LogP) is 1.98. The van der Waals surface area contributed by atoms with Crippen LogP contribution in [0.25, 0.3) is 0 Å². The minimum atomic E-state index is -0.490. The Kier molecular flexibility index (Phi) is 4.88. The molecule has 3 nitrogen and oxygen atoms in total. The monoisotopic (exact) mass is 230 g/mol. The molecule has 0 radical (unpaired) electrons. The summed E-state index contributed by atoms with van der Waals surface area (Å²) in [7, 11) is 0. The first-order chi connectivity index (χ1) is 7.19. The Morgan fingerprint density at radius 2 is 2.20 bits per heavy atom. The van der Waals surface area contributed by atoms with E-state index in [1.54, 1.807) is 18.2 Å². The van der Waals surface area contributed by atoms with Gasteiger partial charge in [0.15, 0.2) is 0 Å². The van der Waals surface area contributed by atoms with Crippen molar-refractivity contribution in [3.8, 4) is 5.75 Å². The lowest BCUT2D eigenvalue weighted by Gasteiger charge is -2.13. The third kappa shape index (κ3) is 3.38. The summed E-state index contributed by atoms with van der Waals surface area (Å²) >= 11 is 5.88. The summed E-state index contributed by atoms with van der Waals surface area (Å²) in [4.78, 5) is 0. The van der Waals surface area contributed by atoms with Crippen molar-refractivity contribution in [2.45, 2.75) is 26.1 Å². The summed E-state index contributed by atoms with van der Waals surface area (Å²) in [6, 6.07) is 5.16. The van der Waals surface area contributed by atoms with Gasteiger partial charge in [-0.2, -0.15) is 0 Å². The molecule has 0 aliphatic rings. The van der Waals surface area contributed by atoms with Gasteiger partial charge < -0.3 is 14.9 Å². The lowest BCUT2D eigenvalue weighted by atomic mass is 10.2. The standard InChI is InChI=1S/C11H15ClO3/c1-2-8(14)7-15-11-5-3-4-10(12)9(11)6-13/h3-5,8,13-14H,2,6-7H2,1H3. The summed E-state index contributed by atoms with van der Waals surface area (Å²) in [6.45, 7) is 1.92. The van der Waals surface area contributed by atoms with Crippen LogP contribution in [0.5, 0.6) is 5.75 Å². The van der Waals surface area contributed by atoms with Gasteiger partial charge in [-0.15, -0.1) is 0 Å². The Morgan fingerprint density at radius 3 is 2.80 bits per heavy atom. The maximum Gasteiger partial charge on any atom is 0.126 e. The van der Waals surface area contributed by atoms with E-state index >= 15 is 0 Å². The molecule has 0 bridgehead atoms. The summed E-state index contributed by atoms with van der Waals surface area (Å²) in [5.74, 6) is 0.525. The molecule has 0 aliphatic heterocycles. The molecule has 1 atom stereocenters. The van der Waals surface area contributed by atoms with Crippen LogP contribution >= 0.6 is 11.6 Å². The number of rotatable bonds is 5. The van der Waals surface area contributed by atoms with Gasteiger partial charge in [0.05, 0.1) is 12.7 Å². The first-order valence-corrected chi connectivity index (χ1v) is 5.26. The summed E-state index contributed by atoms with van der Waals surface area (Å²) in [6.07, 6.45) is 0.144. The van der Waals surface area contributed by atoms with E-state index in [0.717, 1.165) is 0 Å². The van der Waals surface area contributed by atoms with Gasteiger partial charge in [-0.25, -0.2) is 0 Å². The second kappa shape index (κ2) is 5.95. The van der Waals surface area contributed by atoms with Crippen molar-refractivity contribution < 1.29 is 14.9 Å². The molecule has 4 heteroatoms. The van der Waals surface area contributed by atoms with E-state index in [1.165, 1.54) is 0 Å². The largest absolute Gasteiger partial charge is 0.490 e. The van der Waals surface area contributed by atoms with Crippen LogP contribution in [-0.4, -0.2) is 22.9 Å². The molecule has 1 rings (SSSR count). The summed E-state index contributed by atoms with van der Waals surface area (Å²) in [5.41, 5.74) is 0.558. The van der Waals surface area contributed by atoms with E-state index < -0.39 is 6.10 Å². The van der Waals surface area contributed by atoms with Crippen LogP contribution in [0.1, 0.15) is 18.9 Å². The van der Waals surface area contributed by atoms with E-state index in [1.807, 2.05) is 6.92 Å². The second-order valence-corrected chi connectivity index (χ2v) is 3.65. The zero-order valence-electron chi connectivity index (χ0n) is 8.61. The molecule has 15 heavy (non-hydrogen) atoms. The molecule has 0 aliphatic carbocycles. The molecule has 0 saturated carbocycles. The van der Waals surface area contributed by atoms with Crippen LogP contribution in [0.15, 0.2) is 18.2 Å². The second-order valence-electron chi connectivity index (χ2n) is 3.25. The van der Waals surface area contributed by atoms with E-state index in [4.69, 9.17) is 21.4 Å². The van der Waals surface area contributed by atoms with E-state index in [0.29, 0.717) is 22.8 Å². The molecule has 0 fully saturated rings. The van der Waals surface area contributed by atoms with Crippen molar-refractivity contribution in [3.63, 3.8) is 0 Å². The highest BCUT2D eigenvalue weighted by molar-refractivity contribution is 6.31. The van der Waals surface area contributed by atoms with Crippen LogP contribution in [-0.2, 0) is 6.61 Å². The third-order valence-corrected chi connectivity index (χ3v) is 2.49. The number of aliphatic hydroxyl groups is 2. The van der Waals surface area contributed by atoms with Crippen LogP contribution in [0.4, 0.5) is 0 Å². The molecule has 0 aromatic heterocycles. The number of ether oxygens (including phenoxy) is 1. The van der Waals surface area contributed by atoms with E-state index in [-0.39, 0.29) is 13.2 Å². The van der Waals surface area contributed by atoms with Gasteiger partial charge in [0, 0.05) is 10.6 Å². The van der Waals surface area contributed by atoms with Crippen molar-refractivity contribution in [2.75, 3.05) is 6.61 Å². The molecular formula is C11H15ClO3. The maximum atomic E-state index is 9.33. The fraction of sp³-hybridized carbons (Fsp3) is 0.455. The fourth-order valence-corrected chi connectivity index (χ4v) is 1.36. The lowest BCUT2D eigenvalue weighted by Crippen LogP contribution is -2.16. The number of aliphatic hydroxyl groups excluding tert-OH is 2. The number of hydrogen-bond acceptors (Lipinski definition) is 3. The molecule has 0 saturated heterocycles. The van der Waals surface area contributed by atoms with Crippen LogP contribution in [0.3, 0.4) is 0 Å². The van der Waals surface area contributed by atoms with E-state index in [9.17, 15) is 5.11 Å². The van der Waals surface area contributed by atoms with Gasteiger partial charge in [0.25, 0.3) is 0 Å². The van der Waals surface area contributed by atoms with Gasteiger partial charge in [-0.1, -0.05) is 24.6 Å². The van der Waals surface area contributed by atoms with Gasteiger partial charge in [0.2, 0.25) is 0 Å². The fourth-order valence-electron chi connectivity index (χ4n) is 1.13. The summed E-state index contributed by atoms with van der Waals surface area (Å²) in [5, 5.41) is 18.9. The molecule has 84 valence electrons. The SMILES string of the molecule is CCC(O)COc1cccc(Cl)c1CO. The number of benzene rings is 1. The Labute approximate surface area is 94.3 Å². The highest BCUT2D eigenvalue weighted by Crippen LogP contribution is 2.26. The van der Waals surface area contributed by atoms with Gasteiger partial charge >= 0.3 is 0 Å². The van der Waals surface area contributed by atoms with Crippen molar-refractivity contribution >= 4 is 11.6 Å². The van der Waals surface area contributed by atoms with Crippen molar-refractivity contribution in [1.82, 2.24) is 0 Å². The third-order valence-electron chi connectivity index (χ3n) is 2.14. The lowest BCUT2D eigenvalue weighted by molar-refractivity contribution is 0.103. The Morgan fingerprint density at radius 1 is 1.47 bits per heavy atom. The average molecular weight is 231 g/mol. The molecule has 2 N–H and O–H groups in total. The topological polar surface area (TPSA) is 49.7 Å². The molecule has 1 aromatic rings. The Balaban J connectivity index is 2.72. The van der Waals surface area contributed by atoms with Gasteiger partial charge in [0.1, 0.15) is 12.4 Å². The Hall–Kier alpha value is -0.770. The molecule has 1 aromatic carbocycles. The molecular weight excluding hydrogens is 216 g/mol. The maximum absolute atomic E-state index is 9.33. The quantitative estimate of drug-likeness (QED) is 0.813. The highest BCUT2D eigenvalue weighted by Gasteiger charge is 2.08. The minimum Gasteiger partial charge on any atom is -0.490 e. The normalized spacial score (nSPS) is 12.5. The molecule has 1 unspecified atom stereocenters. The zero-order valence-corrected chi connectivity index (χ0v) is 9.37. The van der Waals surface area contributed by atoms with Crippen LogP contribution in [0, 0.1) is 0 Å². The van der Waals surface area contributed by atoms with Gasteiger partial charge in [-0.3, -0.25) is 0 Å². The predicted molar refractivity (Wildman–Crippen MR) is 59.2 cm³/mol. The highest BCUT2D eigenvalue weighted by atomic mass is 35.5. The van der Waals surface area contributed by atoms with Crippen molar-refractivity contribution in [2.24, 2.45) is 0 Å². The zero-order chi connectivity index (χ0) is 11.3. The molecule has 0 heterocycles. The van der Waals surface area contributed by atoms with Crippen LogP contribution in [0.2, 0.25) is 5.02 Å². The smallest absolute Gasteiger partial charge is 0.126 e. The first kappa shape index (κ1) is 12.3. The number of halogens is 1. The van der Waals surface area contributed by atoms with Gasteiger partial charge in [-0.05, 0) is 18.6 Å². The average Bonchev–Trinajstić information content (AvgIpc) is 2.25. The summed E-state index contributed by atoms with van der Waals surface area (Å²) < 4.78 is 5.37. The Bertz CT molecular complexity index is 315. The van der Waals surface area contributed by atoms with Crippen molar-refractivity contribution in [1.29, 1.82) is 0 Å². The van der Waals surface area contributed by atoms with Crippen molar-refractivity contribution in [3.05, 3.63) is 28.8 Å². The number of hydrogen-bond donors (Lipinski definition) is 2. The van der Waals surface area contributed by atoms with Crippen LogP contribution < -0.4 is 4.74 Å². The molecule has 0 amide bonds.